The zero-order chi connectivity index (χ0) is 14.3. The molecular weight excluding hydrogens is 314 g/mol. The van der Waals surface area contributed by atoms with Crippen molar-refractivity contribution in [2.75, 3.05) is 5.73 Å². The van der Waals surface area contributed by atoms with Crippen molar-refractivity contribution in [1.82, 2.24) is 0 Å². The average Bonchev–Trinajstić information content (AvgIpc) is 2.75. The Morgan fingerprint density at radius 2 is 2.20 bits per heavy atom. The molecule has 0 spiro atoms. The van der Waals surface area contributed by atoms with Crippen LogP contribution in [0, 0.1) is 5.41 Å². The fourth-order valence-corrected chi connectivity index (χ4v) is 4.59. The lowest BCUT2D eigenvalue weighted by molar-refractivity contribution is -0.115. The van der Waals surface area contributed by atoms with Gasteiger partial charge in [-0.3, -0.25) is 4.79 Å². The molecule has 1 atom stereocenters. The first kappa shape index (κ1) is 13.9. The van der Waals surface area contributed by atoms with Gasteiger partial charge in [0.05, 0.1) is 4.48 Å². The standard InChI is InChI=1S/C17H20BrNO/c1-2-3-7-17-8-6-14(20)16(18)15(17)13-5-4-12(19)9-11(13)10-17/h4-5,9H,2-3,6-8,10,19H2,1H3. The zero-order valence-electron chi connectivity index (χ0n) is 11.8. The third-order valence-electron chi connectivity index (χ3n) is 4.76. The smallest absolute Gasteiger partial charge is 0.170 e. The average molecular weight is 334 g/mol. The number of halogens is 1. The second-order valence-electron chi connectivity index (χ2n) is 6.09. The molecule has 0 fully saturated rings. The summed E-state index contributed by atoms with van der Waals surface area (Å²) in [5.41, 5.74) is 10.7. The topological polar surface area (TPSA) is 43.1 Å². The molecule has 0 radical (unpaired) electrons. The Bertz CT molecular complexity index is 605. The van der Waals surface area contributed by atoms with E-state index in [1.165, 1.54) is 29.5 Å². The SMILES string of the molecule is CCCCC12CCC(=O)C(Br)=C1c1ccc(N)cc1C2. The van der Waals surface area contributed by atoms with Crippen LogP contribution in [0.3, 0.4) is 0 Å². The van der Waals surface area contributed by atoms with Gasteiger partial charge in [0.2, 0.25) is 0 Å². The van der Waals surface area contributed by atoms with Crippen molar-refractivity contribution in [3.63, 3.8) is 0 Å². The molecule has 0 aromatic heterocycles. The largest absolute Gasteiger partial charge is 0.399 e. The lowest BCUT2D eigenvalue weighted by atomic mass is 9.69. The van der Waals surface area contributed by atoms with Crippen molar-refractivity contribution in [1.29, 1.82) is 0 Å². The van der Waals surface area contributed by atoms with E-state index in [-0.39, 0.29) is 11.2 Å². The molecule has 1 unspecified atom stereocenters. The fraction of sp³-hybridized carbons (Fsp3) is 0.471. The van der Waals surface area contributed by atoms with Crippen LogP contribution < -0.4 is 5.73 Å². The van der Waals surface area contributed by atoms with Crippen LogP contribution in [0.5, 0.6) is 0 Å². The van der Waals surface area contributed by atoms with Crippen molar-refractivity contribution in [3.8, 4) is 0 Å². The van der Waals surface area contributed by atoms with E-state index < -0.39 is 0 Å². The van der Waals surface area contributed by atoms with Gasteiger partial charge in [-0.1, -0.05) is 25.8 Å². The molecule has 0 amide bonds. The highest BCUT2D eigenvalue weighted by Gasteiger charge is 2.46. The Balaban J connectivity index is 2.14. The van der Waals surface area contributed by atoms with Gasteiger partial charge in [-0.2, -0.15) is 0 Å². The van der Waals surface area contributed by atoms with Crippen LogP contribution in [0.1, 0.15) is 50.2 Å². The monoisotopic (exact) mass is 333 g/mol. The lowest BCUT2D eigenvalue weighted by Gasteiger charge is -2.35. The molecule has 3 heteroatoms. The number of anilines is 1. The summed E-state index contributed by atoms with van der Waals surface area (Å²) in [5.74, 6) is 0.247. The second-order valence-corrected chi connectivity index (χ2v) is 6.88. The number of carbonyl (C=O) groups is 1. The minimum absolute atomic E-state index is 0.152. The molecule has 2 aliphatic carbocycles. The number of unbranched alkanes of at least 4 members (excludes halogenated alkanes) is 1. The Labute approximate surface area is 128 Å². The van der Waals surface area contributed by atoms with Gasteiger partial charge in [-0.05, 0) is 64.0 Å². The molecule has 0 saturated heterocycles. The fourth-order valence-electron chi connectivity index (χ4n) is 3.76. The molecule has 2 nitrogen and oxygen atoms in total. The molecule has 1 aromatic carbocycles. The lowest BCUT2D eigenvalue weighted by Crippen LogP contribution is -2.27. The number of nitrogens with two attached hydrogens (primary N) is 1. The Hall–Kier alpha value is -1.09. The molecule has 2 aliphatic rings. The minimum atomic E-state index is 0.152. The molecule has 20 heavy (non-hydrogen) atoms. The Morgan fingerprint density at radius 1 is 1.40 bits per heavy atom. The number of rotatable bonds is 3. The minimum Gasteiger partial charge on any atom is -0.399 e. The van der Waals surface area contributed by atoms with Crippen LogP contribution in [0.25, 0.3) is 5.57 Å². The van der Waals surface area contributed by atoms with Gasteiger partial charge in [0, 0.05) is 17.5 Å². The van der Waals surface area contributed by atoms with Gasteiger partial charge in [0.1, 0.15) is 0 Å². The van der Waals surface area contributed by atoms with Crippen molar-refractivity contribution in [2.24, 2.45) is 5.41 Å². The summed E-state index contributed by atoms with van der Waals surface area (Å²) in [5, 5.41) is 0. The van der Waals surface area contributed by atoms with E-state index in [9.17, 15) is 4.79 Å². The van der Waals surface area contributed by atoms with Gasteiger partial charge in [0.15, 0.2) is 5.78 Å². The van der Waals surface area contributed by atoms with Gasteiger partial charge in [-0.15, -0.1) is 0 Å². The van der Waals surface area contributed by atoms with Gasteiger partial charge < -0.3 is 5.73 Å². The number of Topliss-reactive ketones (excluding diaryl/α,β-unsaturated/α-hetero) is 1. The summed E-state index contributed by atoms with van der Waals surface area (Å²) in [6.07, 6.45) is 6.24. The summed E-state index contributed by atoms with van der Waals surface area (Å²) in [4.78, 5) is 12.1. The number of hydrogen-bond donors (Lipinski definition) is 1. The summed E-state index contributed by atoms with van der Waals surface area (Å²) in [6.45, 7) is 2.23. The molecule has 2 N–H and O–H groups in total. The number of carbonyl (C=O) groups excluding carboxylic acids is 1. The van der Waals surface area contributed by atoms with Crippen LogP contribution in [-0.4, -0.2) is 5.78 Å². The zero-order valence-corrected chi connectivity index (χ0v) is 13.4. The highest BCUT2D eigenvalue weighted by molar-refractivity contribution is 9.12. The molecule has 0 heterocycles. The Morgan fingerprint density at radius 3 is 2.95 bits per heavy atom. The predicted octanol–water partition coefficient (Wildman–Crippen LogP) is 4.47. The first-order valence-electron chi connectivity index (χ1n) is 7.39. The summed E-state index contributed by atoms with van der Waals surface area (Å²) in [7, 11) is 0. The van der Waals surface area contributed by atoms with Crippen LogP contribution in [-0.2, 0) is 11.2 Å². The van der Waals surface area contributed by atoms with Crippen LogP contribution in [0.2, 0.25) is 0 Å². The number of benzene rings is 1. The van der Waals surface area contributed by atoms with E-state index >= 15 is 0 Å². The molecule has 1 aromatic rings. The highest BCUT2D eigenvalue weighted by Crippen LogP contribution is 2.57. The van der Waals surface area contributed by atoms with Crippen molar-refractivity contribution < 1.29 is 4.79 Å². The van der Waals surface area contributed by atoms with E-state index in [0.29, 0.717) is 6.42 Å². The maximum atomic E-state index is 12.1. The quantitative estimate of drug-likeness (QED) is 0.829. The maximum Gasteiger partial charge on any atom is 0.170 e. The highest BCUT2D eigenvalue weighted by atomic mass is 79.9. The number of nitrogen functional groups attached to an aromatic ring is 1. The molecule has 0 bridgehead atoms. The summed E-state index contributed by atoms with van der Waals surface area (Å²) < 4.78 is 0.809. The second kappa shape index (κ2) is 5.03. The van der Waals surface area contributed by atoms with E-state index in [0.717, 1.165) is 29.4 Å². The normalized spacial score (nSPS) is 24.8. The third kappa shape index (κ3) is 2.03. The molecule has 0 aliphatic heterocycles. The van der Waals surface area contributed by atoms with Crippen molar-refractivity contribution in [2.45, 2.75) is 45.4 Å². The molecule has 0 saturated carbocycles. The number of ketones is 1. The van der Waals surface area contributed by atoms with Crippen LogP contribution in [0.15, 0.2) is 22.7 Å². The molecule has 3 rings (SSSR count). The van der Waals surface area contributed by atoms with E-state index in [1.807, 2.05) is 6.07 Å². The molecular formula is C17H20BrNO. The van der Waals surface area contributed by atoms with Crippen molar-refractivity contribution in [3.05, 3.63) is 33.8 Å². The van der Waals surface area contributed by atoms with Gasteiger partial charge >= 0.3 is 0 Å². The summed E-state index contributed by atoms with van der Waals surface area (Å²) >= 11 is 3.58. The molecule has 106 valence electrons. The first-order chi connectivity index (χ1) is 9.57. The third-order valence-corrected chi connectivity index (χ3v) is 5.60. The van der Waals surface area contributed by atoms with E-state index in [4.69, 9.17) is 5.73 Å². The number of hydrogen-bond acceptors (Lipinski definition) is 2. The Kier molecular flexibility index (Phi) is 3.49. The van der Waals surface area contributed by atoms with Crippen LogP contribution >= 0.6 is 15.9 Å². The first-order valence-corrected chi connectivity index (χ1v) is 8.19. The van der Waals surface area contributed by atoms with Crippen molar-refractivity contribution >= 4 is 33.0 Å². The number of allylic oxidation sites excluding steroid dienone is 2. The number of fused-ring (bicyclic) bond motifs is 3. The van der Waals surface area contributed by atoms with Gasteiger partial charge in [-0.25, -0.2) is 0 Å². The van der Waals surface area contributed by atoms with Crippen LogP contribution in [0.4, 0.5) is 5.69 Å². The predicted molar refractivity (Wildman–Crippen MR) is 86.6 cm³/mol. The maximum absolute atomic E-state index is 12.1. The van der Waals surface area contributed by atoms with Gasteiger partial charge in [0.25, 0.3) is 0 Å². The summed E-state index contributed by atoms with van der Waals surface area (Å²) in [6, 6.07) is 6.12. The van der Waals surface area contributed by atoms with E-state index in [2.05, 4.69) is 35.0 Å². The van der Waals surface area contributed by atoms with E-state index in [1.54, 1.807) is 0 Å².